The molecule has 2 N–H and O–H groups in total. The second-order valence-electron chi connectivity index (χ2n) is 14.7. The zero-order valence-electron chi connectivity index (χ0n) is 32.5. The molecule has 0 bridgehead atoms. The monoisotopic (exact) mass is 890 g/mol. The van der Waals surface area contributed by atoms with E-state index in [1.54, 1.807) is 37.6 Å². The molecule has 3 heterocycles. The van der Waals surface area contributed by atoms with Crippen molar-refractivity contribution in [3.8, 4) is 23.0 Å². The van der Waals surface area contributed by atoms with Crippen LogP contribution in [0.4, 0.5) is 21.9 Å². The summed E-state index contributed by atoms with van der Waals surface area (Å²) in [6, 6.07) is 13.4. The number of unbranched alkanes of at least 4 members (excludes halogenated alkanes) is 2. The van der Waals surface area contributed by atoms with Crippen molar-refractivity contribution in [2.75, 3.05) is 42.2 Å². The molecule has 13 nitrogen and oxygen atoms in total. The van der Waals surface area contributed by atoms with Crippen molar-refractivity contribution in [3.05, 3.63) is 88.6 Å². The Morgan fingerprint density at radius 3 is 2.26 bits per heavy atom. The van der Waals surface area contributed by atoms with E-state index >= 15 is 0 Å². The molecule has 4 atom stereocenters. The quantitative estimate of drug-likeness (QED) is 0.0534. The van der Waals surface area contributed by atoms with Crippen LogP contribution >= 0.6 is 22.6 Å². The second-order valence-corrected chi connectivity index (χ2v) is 15.4. The van der Waals surface area contributed by atoms with Crippen LogP contribution in [0.3, 0.4) is 0 Å². The number of rotatable bonds is 14. The number of methoxy groups -OCH3 is 2. The summed E-state index contributed by atoms with van der Waals surface area (Å²) in [7, 11) is 3.04. The largest absolute Gasteiger partial charge is 0.493 e. The first-order valence-electron chi connectivity index (χ1n) is 19.1. The predicted molar refractivity (Wildman–Crippen MR) is 225 cm³/mol. The van der Waals surface area contributed by atoms with Gasteiger partial charge in [-0.15, -0.1) is 0 Å². The minimum absolute atomic E-state index is 0.0318. The third-order valence-electron chi connectivity index (χ3n) is 10.7. The minimum atomic E-state index is -1.39. The van der Waals surface area contributed by atoms with Gasteiger partial charge in [-0.2, -0.15) is 0 Å². The van der Waals surface area contributed by atoms with Gasteiger partial charge < -0.3 is 39.0 Å². The molecule has 0 saturated heterocycles. The summed E-state index contributed by atoms with van der Waals surface area (Å²) >= 11 is 2.22. The highest BCUT2D eigenvalue weighted by Gasteiger charge is 2.45. The maximum Gasteiger partial charge on any atom is 0.416 e. The van der Waals surface area contributed by atoms with Gasteiger partial charge in [0.05, 0.1) is 55.0 Å². The summed E-state index contributed by atoms with van der Waals surface area (Å²) in [6.07, 6.45) is 6.81. The SMILES string of the molecule is COc1cc2c(cc1OCCCCCOc1cc3c(cc1OC)C(=O)N1C=C(C)C[C@H]1[C@H](O)N3C(=O)OCc1ccc(NCI)cc1)N=C[C@@H]1CC(C)=CC1C2=O. The molecule has 0 saturated carbocycles. The minimum Gasteiger partial charge on any atom is -0.493 e. The summed E-state index contributed by atoms with van der Waals surface area (Å²) < 4.78 is 30.0. The van der Waals surface area contributed by atoms with Crippen LogP contribution in [-0.4, -0.2) is 78.3 Å². The van der Waals surface area contributed by atoms with Gasteiger partial charge >= 0.3 is 6.09 Å². The lowest BCUT2D eigenvalue weighted by atomic mass is 9.89. The molecular weight excluding hydrogens is 843 g/mol. The molecule has 14 heteroatoms. The number of amides is 2. The first-order chi connectivity index (χ1) is 27.6. The van der Waals surface area contributed by atoms with E-state index in [9.17, 15) is 19.5 Å². The number of nitrogens with one attached hydrogen (secondary N) is 1. The Morgan fingerprint density at radius 1 is 0.895 bits per heavy atom. The normalized spacial score (nSPS) is 20.7. The van der Waals surface area contributed by atoms with E-state index in [1.807, 2.05) is 50.4 Å². The van der Waals surface area contributed by atoms with Crippen LogP contribution in [0, 0.1) is 11.8 Å². The molecule has 0 fully saturated rings. The molecule has 7 rings (SSSR count). The first kappa shape index (κ1) is 40.1. The number of anilines is 2. The Hall–Kier alpha value is -5.09. The lowest BCUT2D eigenvalue weighted by Gasteiger charge is -2.31. The van der Waals surface area contributed by atoms with Crippen molar-refractivity contribution in [2.45, 2.75) is 64.8 Å². The second kappa shape index (κ2) is 17.6. The van der Waals surface area contributed by atoms with Crippen molar-refractivity contribution < 1.29 is 43.2 Å². The number of hydrogen-bond acceptors (Lipinski definition) is 11. The number of ketones is 1. The molecule has 3 aromatic carbocycles. The molecule has 57 heavy (non-hydrogen) atoms. The molecule has 3 aliphatic heterocycles. The van der Waals surface area contributed by atoms with Gasteiger partial charge in [0.2, 0.25) is 0 Å². The highest BCUT2D eigenvalue weighted by atomic mass is 127. The summed E-state index contributed by atoms with van der Waals surface area (Å²) in [5.74, 6) is 1.19. The number of aliphatic hydroxyl groups excluding tert-OH is 1. The molecule has 0 spiro atoms. The zero-order chi connectivity index (χ0) is 40.2. The van der Waals surface area contributed by atoms with Crippen molar-refractivity contribution in [3.63, 3.8) is 0 Å². The Labute approximate surface area is 345 Å². The number of aliphatic imine (C=N–C) groups is 1. The fourth-order valence-electron chi connectivity index (χ4n) is 7.77. The average molecular weight is 891 g/mol. The number of benzene rings is 3. The maximum absolute atomic E-state index is 13.9. The number of halogens is 1. The standard InChI is InChI=1S/C43H47IN4O9/c1-25-14-28-21-45-33-19-38(36(53-3)17-31(33)40(49)30(28)15-25)55-12-6-5-7-13-56-39-20-34-32(18-37(39)54-4)41(50)47-22-26(2)16-35(47)42(51)48(34)43(52)57-23-27-8-10-29(11-9-27)46-24-44/h8-11,15,17-22,28,30,35,42,46,51H,5-7,12-14,16,23-24H2,1-4H3/t28-,30?,35-,42-/m0/s1. The molecular formula is C43H47IN4O9. The lowest BCUT2D eigenvalue weighted by Crippen LogP contribution is -2.50. The Kier molecular flexibility index (Phi) is 12.4. The Bertz CT molecular complexity index is 2120. The number of carbonyl (C=O) groups excluding carboxylic acids is 3. The molecule has 1 aliphatic carbocycles. The van der Waals surface area contributed by atoms with Crippen LogP contribution in [0.15, 0.2) is 76.9 Å². The molecule has 0 aromatic heterocycles. The summed E-state index contributed by atoms with van der Waals surface area (Å²) in [6.45, 7) is 4.61. The molecule has 2 amide bonds. The Balaban J connectivity index is 1.00. The molecule has 1 unspecified atom stereocenters. The number of carbonyl (C=O) groups is 3. The van der Waals surface area contributed by atoms with Crippen molar-refractivity contribution in [2.24, 2.45) is 16.8 Å². The van der Waals surface area contributed by atoms with Gasteiger partial charge in [0, 0.05) is 47.6 Å². The van der Waals surface area contributed by atoms with Gasteiger partial charge in [0.1, 0.15) is 6.61 Å². The fraction of sp³-hybridized carbons (Fsp3) is 0.395. The van der Waals surface area contributed by atoms with Crippen LogP contribution in [0.5, 0.6) is 23.0 Å². The van der Waals surface area contributed by atoms with Gasteiger partial charge in [0.15, 0.2) is 35.0 Å². The number of ether oxygens (including phenoxy) is 5. The number of nitrogens with zero attached hydrogens (tertiary/aromatic N) is 3. The van der Waals surface area contributed by atoms with Crippen LogP contribution < -0.4 is 29.2 Å². The van der Waals surface area contributed by atoms with E-state index in [1.165, 1.54) is 17.6 Å². The maximum atomic E-state index is 13.9. The van der Waals surface area contributed by atoms with E-state index in [-0.39, 0.29) is 41.4 Å². The van der Waals surface area contributed by atoms with Gasteiger partial charge in [-0.25, -0.2) is 9.69 Å². The number of aliphatic hydroxyl groups is 1. The molecule has 300 valence electrons. The zero-order valence-corrected chi connectivity index (χ0v) is 34.6. The van der Waals surface area contributed by atoms with Crippen molar-refractivity contribution in [1.82, 2.24) is 4.90 Å². The number of allylic oxidation sites excluding steroid dienone is 2. The first-order valence-corrected chi connectivity index (χ1v) is 20.6. The van der Waals surface area contributed by atoms with Crippen LogP contribution in [0.2, 0.25) is 0 Å². The molecule has 3 aromatic rings. The topological polar surface area (TPSA) is 148 Å². The number of hydrogen-bond donors (Lipinski definition) is 2. The van der Waals surface area contributed by atoms with Gasteiger partial charge in [0.25, 0.3) is 5.91 Å². The summed E-state index contributed by atoms with van der Waals surface area (Å²) in [5, 5.41) is 14.9. The third-order valence-corrected chi connectivity index (χ3v) is 11.1. The number of Topliss-reactive ketones (excluding diaryl/α,β-unsaturated/α-hetero) is 1. The third kappa shape index (κ3) is 8.47. The van der Waals surface area contributed by atoms with Gasteiger partial charge in [-0.05, 0) is 75.8 Å². The van der Waals surface area contributed by atoms with E-state index in [0.717, 1.165) is 39.1 Å². The van der Waals surface area contributed by atoms with Gasteiger partial charge in [-0.3, -0.25) is 14.6 Å². The highest BCUT2D eigenvalue weighted by Crippen LogP contribution is 2.43. The Morgan fingerprint density at radius 2 is 1.58 bits per heavy atom. The highest BCUT2D eigenvalue weighted by molar-refractivity contribution is 14.1. The van der Waals surface area contributed by atoms with E-state index < -0.39 is 18.4 Å². The van der Waals surface area contributed by atoms with Crippen LogP contribution in [0.25, 0.3) is 0 Å². The summed E-state index contributed by atoms with van der Waals surface area (Å²) in [5.41, 5.74) is 5.28. The van der Waals surface area contributed by atoms with E-state index in [2.05, 4.69) is 32.9 Å². The van der Waals surface area contributed by atoms with Crippen LogP contribution in [-0.2, 0) is 11.3 Å². The van der Waals surface area contributed by atoms with E-state index in [0.29, 0.717) is 66.7 Å². The smallest absolute Gasteiger partial charge is 0.416 e. The molecule has 0 radical (unpaired) electrons. The number of alkyl halides is 1. The average Bonchev–Trinajstić information content (AvgIpc) is 3.75. The predicted octanol–water partition coefficient (Wildman–Crippen LogP) is 8.21. The van der Waals surface area contributed by atoms with E-state index in [4.69, 9.17) is 23.7 Å². The van der Waals surface area contributed by atoms with Gasteiger partial charge in [-0.1, -0.05) is 51.9 Å². The molecule has 4 aliphatic rings. The lowest BCUT2D eigenvalue weighted by molar-refractivity contribution is 0.0544. The van der Waals surface area contributed by atoms with Crippen molar-refractivity contribution >= 4 is 63.7 Å². The summed E-state index contributed by atoms with van der Waals surface area (Å²) in [4.78, 5) is 48.4. The van der Waals surface area contributed by atoms with Crippen LogP contribution in [0.1, 0.15) is 72.2 Å². The fourth-order valence-corrected chi connectivity index (χ4v) is 8.21. The number of fused-ring (bicyclic) bond motifs is 4. The van der Waals surface area contributed by atoms with Crippen molar-refractivity contribution in [1.29, 1.82) is 0 Å².